The summed E-state index contributed by atoms with van der Waals surface area (Å²) in [5, 5.41) is 9.61. The highest BCUT2D eigenvalue weighted by Gasteiger charge is 2.33. The molecule has 5 nitrogen and oxygen atoms in total. The SMILES string of the molecule is O=C(O)[C@H]1CCCC[C@@H]1NS(=O)(=O)c1ccc(Cl)cc1. The Kier molecular flexibility index (Phi) is 4.67. The monoisotopic (exact) mass is 317 g/mol. The van der Waals surface area contributed by atoms with Crippen LogP contribution in [0, 0.1) is 5.92 Å². The van der Waals surface area contributed by atoms with Gasteiger partial charge in [0, 0.05) is 11.1 Å². The van der Waals surface area contributed by atoms with E-state index in [1.165, 1.54) is 24.3 Å². The van der Waals surface area contributed by atoms with Crippen molar-refractivity contribution >= 4 is 27.6 Å². The maximum absolute atomic E-state index is 12.2. The Labute approximate surface area is 123 Å². The molecule has 0 aliphatic heterocycles. The van der Waals surface area contributed by atoms with Gasteiger partial charge >= 0.3 is 5.97 Å². The summed E-state index contributed by atoms with van der Waals surface area (Å²) in [6, 6.07) is 5.24. The van der Waals surface area contributed by atoms with Crippen LogP contribution in [0.5, 0.6) is 0 Å². The van der Waals surface area contributed by atoms with Gasteiger partial charge in [-0.25, -0.2) is 13.1 Å². The summed E-state index contributed by atoms with van der Waals surface area (Å²) in [6.07, 6.45) is 2.70. The number of carboxylic acid groups (broad SMARTS) is 1. The average molecular weight is 318 g/mol. The summed E-state index contributed by atoms with van der Waals surface area (Å²) < 4.78 is 27.0. The molecule has 2 rings (SSSR count). The van der Waals surface area contributed by atoms with Gasteiger partial charge in [-0.2, -0.15) is 0 Å². The van der Waals surface area contributed by atoms with Crippen LogP contribution < -0.4 is 4.72 Å². The van der Waals surface area contributed by atoms with E-state index in [2.05, 4.69) is 4.72 Å². The topological polar surface area (TPSA) is 83.5 Å². The van der Waals surface area contributed by atoms with Crippen molar-refractivity contribution in [3.8, 4) is 0 Å². The minimum absolute atomic E-state index is 0.0941. The van der Waals surface area contributed by atoms with E-state index in [1.54, 1.807) is 0 Å². The Balaban J connectivity index is 2.18. The number of hydrogen-bond acceptors (Lipinski definition) is 3. The number of hydrogen-bond donors (Lipinski definition) is 2. The van der Waals surface area contributed by atoms with Gasteiger partial charge in [-0.05, 0) is 37.1 Å². The van der Waals surface area contributed by atoms with Gasteiger partial charge in [0.25, 0.3) is 0 Å². The Morgan fingerprint density at radius 3 is 2.40 bits per heavy atom. The molecule has 2 atom stereocenters. The second-order valence-electron chi connectivity index (χ2n) is 4.91. The maximum Gasteiger partial charge on any atom is 0.308 e. The number of halogens is 1. The smallest absolute Gasteiger partial charge is 0.308 e. The van der Waals surface area contributed by atoms with Crippen molar-refractivity contribution in [3.05, 3.63) is 29.3 Å². The molecule has 1 aliphatic rings. The lowest BCUT2D eigenvalue weighted by Crippen LogP contribution is -2.44. The van der Waals surface area contributed by atoms with Gasteiger partial charge in [0.2, 0.25) is 10.0 Å². The standard InChI is InChI=1S/C13H16ClNO4S/c14-9-5-7-10(8-6-9)20(18,19)15-12-4-2-1-3-11(12)13(16)17/h5-8,11-12,15H,1-4H2,(H,16,17)/t11-,12-/m0/s1. The number of nitrogens with one attached hydrogen (secondary N) is 1. The molecule has 110 valence electrons. The molecule has 7 heteroatoms. The molecule has 1 aromatic rings. The number of carboxylic acids is 1. The number of rotatable bonds is 4. The van der Waals surface area contributed by atoms with E-state index in [-0.39, 0.29) is 4.90 Å². The third kappa shape index (κ3) is 3.50. The summed E-state index contributed by atoms with van der Waals surface area (Å²) in [6.45, 7) is 0. The molecule has 2 N–H and O–H groups in total. The summed E-state index contributed by atoms with van der Waals surface area (Å²) in [5.74, 6) is -1.61. The van der Waals surface area contributed by atoms with Crippen LogP contribution in [-0.4, -0.2) is 25.5 Å². The largest absolute Gasteiger partial charge is 0.481 e. The number of benzene rings is 1. The lowest BCUT2D eigenvalue weighted by atomic mass is 9.85. The first-order valence-electron chi connectivity index (χ1n) is 6.41. The zero-order valence-electron chi connectivity index (χ0n) is 10.8. The van der Waals surface area contributed by atoms with Gasteiger partial charge in [0.1, 0.15) is 0 Å². The van der Waals surface area contributed by atoms with Crippen LogP contribution in [0.3, 0.4) is 0 Å². The van der Waals surface area contributed by atoms with Crippen LogP contribution in [-0.2, 0) is 14.8 Å². The first kappa shape index (κ1) is 15.3. The van der Waals surface area contributed by atoms with Gasteiger partial charge in [-0.1, -0.05) is 24.4 Å². The molecule has 0 unspecified atom stereocenters. The zero-order valence-corrected chi connectivity index (χ0v) is 12.3. The Bertz CT molecular complexity index is 585. The minimum atomic E-state index is -3.72. The van der Waals surface area contributed by atoms with Crippen LogP contribution >= 0.6 is 11.6 Å². The van der Waals surface area contributed by atoms with Crippen molar-refractivity contribution < 1.29 is 18.3 Å². The van der Waals surface area contributed by atoms with Crippen LogP contribution in [0.15, 0.2) is 29.2 Å². The Hall–Kier alpha value is -1.11. The van der Waals surface area contributed by atoms with Crippen molar-refractivity contribution in [1.82, 2.24) is 4.72 Å². The van der Waals surface area contributed by atoms with E-state index in [0.717, 1.165) is 12.8 Å². The molecule has 0 bridgehead atoms. The van der Waals surface area contributed by atoms with E-state index in [4.69, 9.17) is 16.7 Å². The van der Waals surface area contributed by atoms with Gasteiger partial charge in [0.05, 0.1) is 10.8 Å². The summed E-state index contributed by atoms with van der Waals surface area (Å²) >= 11 is 5.73. The fourth-order valence-electron chi connectivity index (χ4n) is 2.45. The lowest BCUT2D eigenvalue weighted by molar-refractivity contribution is -0.143. The fourth-order valence-corrected chi connectivity index (χ4v) is 3.89. The van der Waals surface area contributed by atoms with Crippen LogP contribution in [0.1, 0.15) is 25.7 Å². The molecule has 0 radical (unpaired) electrons. The predicted molar refractivity (Wildman–Crippen MR) is 75.2 cm³/mol. The van der Waals surface area contributed by atoms with Gasteiger partial charge in [0.15, 0.2) is 0 Å². The Morgan fingerprint density at radius 2 is 1.80 bits per heavy atom. The minimum Gasteiger partial charge on any atom is -0.481 e. The summed E-state index contributed by atoms with van der Waals surface area (Å²) in [7, 11) is -3.72. The van der Waals surface area contributed by atoms with E-state index in [9.17, 15) is 13.2 Å². The second-order valence-corrected chi connectivity index (χ2v) is 7.06. The van der Waals surface area contributed by atoms with E-state index >= 15 is 0 Å². The molecule has 20 heavy (non-hydrogen) atoms. The van der Waals surface area contributed by atoms with E-state index in [0.29, 0.717) is 17.9 Å². The number of carbonyl (C=O) groups is 1. The normalized spacial score (nSPS) is 23.4. The van der Waals surface area contributed by atoms with Gasteiger partial charge < -0.3 is 5.11 Å². The first-order chi connectivity index (χ1) is 9.40. The average Bonchev–Trinajstić information content (AvgIpc) is 2.39. The van der Waals surface area contributed by atoms with E-state index in [1.807, 2.05) is 0 Å². The molecule has 0 aromatic heterocycles. The first-order valence-corrected chi connectivity index (χ1v) is 8.27. The molecule has 1 aromatic carbocycles. The second kappa shape index (κ2) is 6.11. The van der Waals surface area contributed by atoms with Crippen LogP contribution in [0.4, 0.5) is 0 Å². The van der Waals surface area contributed by atoms with Crippen LogP contribution in [0.25, 0.3) is 0 Å². The summed E-state index contributed by atoms with van der Waals surface area (Å²) in [5.41, 5.74) is 0. The van der Waals surface area contributed by atoms with Crippen molar-refractivity contribution in [2.24, 2.45) is 5.92 Å². The summed E-state index contributed by atoms with van der Waals surface area (Å²) in [4.78, 5) is 11.3. The highest BCUT2D eigenvalue weighted by atomic mass is 35.5. The molecular weight excluding hydrogens is 302 g/mol. The number of sulfonamides is 1. The quantitative estimate of drug-likeness (QED) is 0.892. The molecular formula is C13H16ClNO4S. The third-order valence-electron chi connectivity index (χ3n) is 3.51. The molecule has 1 aliphatic carbocycles. The Morgan fingerprint density at radius 1 is 1.20 bits per heavy atom. The molecule has 0 saturated heterocycles. The van der Waals surface area contributed by atoms with Crippen molar-refractivity contribution in [1.29, 1.82) is 0 Å². The predicted octanol–water partition coefficient (Wildman–Crippen LogP) is 2.26. The molecule has 0 spiro atoms. The lowest BCUT2D eigenvalue weighted by Gasteiger charge is -2.28. The molecule has 1 saturated carbocycles. The van der Waals surface area contributed by atoms with E-state index < -0.39 is 28.0 Å². The van der Waals surface area contributed by atoms with Crippen molar-refractivity contribution in [3.63, 3.8) is 0 Å². The third-order valence-corrected chi connectivity index (χ3v) is 5.27. The van der Waals surface area contributed by atoms with Crippen molar-refractivity contribution in [2.45, 2.75) is 36.6 Å². The molecule has 1 fully saturated rings. The number of aliphatic carboxylic acids is 1. The molecule has 0 amide bonds. The zero-order chi connectivity index (χ0) is 14.8. The van der Waals surface area contributed by atoms with Crippen LogP contribution in [0.2, 0.25) is 5.02 Å². The highest BCUT2D eigenvalue weighted by Crippen LogP contribution is 2.26. The molecule has 0 heterocycles. The van der Waals surface area contributed by atoms with Crippen molar-refractivity contribution in [2.75, 3.05) is 0 Å². The fraction of sp³-hybridized carbons (Fsp3) is 0.462. The van der Waals surface area contributed by atoms with Gasteiger partial charge in [-0.3, -0.25) is 4.79 Å². The van der Waals surface area contributed by atoms with Gasteiger partial charge in [-0.15, -0.1) is 0 Å². The maximum atomic E-state index is 12.2. The highest BCUT2D eigenvalue weighted by molar-refractivity contribution is 7.89.